The topological polar surface area (TPSA) is 125 Å². The molecule has 2 aliphatic carbocycles. The molecule has 3 amide bonds. The SMILES string of the molecule is NC(=O)c1cccc(C2CC3CCC(C2)N3CCN(CC2CCCCC2)C(=O)C(O)CNC(=O)OCC2c3ccccc3-c3ccccc32)c1. The number of nitrogens with zero attached hydrogens (tertiary/aromatic N) is 2. The van der Waals surface area contributed by atoms with Gasteiger partial charge in [0.1, 0.15) is 12.7 Å². The molecule has 264 valence electrons. The second-order valence-electron chi connectivity index (χ2n) is 14.8. The van der Waals surface area contributed by atoms with Crippen LogP contribution in [0.1, 0.15) is 96.7 Å². The monoisotopic (exact) mass is 678 g/mol. The van der Waals surface area contributed by atoms with Crippen LogP contribution >= 0.6 is 0 Å². The largest absolute Gasteiger partial charge is 0.449 e. The van der Waals surface area contributed by atoms with Gasteiger partial charge in [-0.2, -0.15) is 0 Å². The smallest absolute Gasteiger partial charge is 0.407 e. The molecule has 0 spiro atoms. The number of benzene rings is 3. The van der Waals surface area contributed by atoms with E-state index in [9.17, 15) is 19.5 Å². The molecule has 2 heterocycles. The van der Waals surface area contributed by atoms with E-state index in [0.717, 1.165) is 67.3 Å². The Morgan fingerprint density at radius 1 is 0.880 bits per heavy atom. The zero-order chi connectivity index (χ0) is 34.6. The van der Waals surface area contributed by atoms with Gasteiger partial charge < -0.3 is 25.8 Å². The third-order valence-corrected chi connectivity index (χ3v) is 11.7. The second kappa shape index (κ2) is 15.4. The molecule has 9 nitrogen and oxygen atoms in total. The minimum Gasteiger partial charge on any atom is -0.449 e. The zero-order valence-electron chi connectivity index (χ0n) is 28.8. The average Bonchev–Trinajstić information content (AvgIpc) is 3.59. The van der Waals surface area contributed by atoms with E-state index in [1.165, 1.54) is 24.8 Å². The normalized spacial score (nSPS) is 22.4. The van der Waals surface area contributed by atoms with Crippen LogP contribution < -0.4 is 11.1 Å². The Bertz CT molecular complexity index is 1630. The van der Waals surface area contributed by atoms with Crippen LogP contribution in [0.5, 0.6) is 0 Å². The van der Waals surface area contributed by atoms with Gasteiger partial charge >= 0.3 is 6.09 Å². The number of nitrogens with one attached hydrogen (secondary N) is 1. The summed E-state index contributed by atoms with van der Waals surface area (Å²) >= 11 is 0. The number of carbonyl (C=O) groups excluding carboxylic acids is 3. The lowest BCUT2D eigenvalue weighted by molar-refractivity contribution is -0.141. The number of piperidine rings is 1. The summed E-state index contributed by atoms with van der Waals surface area (Å²) in [5.41, 5.74) is 11.9. The van der Waals surface area contributed by atoms with Crippen molar-refractivity contribution in [2.24, 2.45) is 11.7 Å². The number of carbonyl (C=O) groups is 3. The Balaban J connectivity index is 0.939. The maximum atomic E-state index is 13.8. The van der Waals surface area contributed by atoms with Gasteiger partial charge in [-0.05, 0) is 90.3 Å². The number of amides is 3. The number of aliphatic hydroxyl groups is 1. The Morgan fingerprint density at radius 2 is 1.54 bits per heavy atom. The lowest BCUT2D eigenvalue weighted by Crippen LogP contribution is -2.51. The Morgan fingerprint density at radius 3 is 2.20 bits per heavy atom. The van der Waals surface area contributed by atoms with Gasteiger partial charge in [-0.15, -0.1) is 0 Å². The fourth-order valence-corrected chi connectivity index (χ4v) is 9.19. The number of hydrogen-bond acceptors (Lipinski definition) is 6. The third-order valence-electron chi connectivity index (χ3n) is 11.7. The number of hydrogen-bond donors (Lipinski definition) is 3. The van der Waals surface area contributed by atoms with E-state index in [1.807, 2.05) is 41.3 Å². The zero-order valence-corrected chi connectivity index (χ0v) is 28.8. The molecule has 2 saturated heterocycles. The van der Waals surface area contributed by atoms with Crippen LogP contribution in [0.4, 0.5) is 4.79 Å². The standard InChI is InChI=1S/C41H50N4O5/c42-39(47)29-12-8-11-28(21-29)30-22-31-17-18-32(23-30)45(31)20-19-44(25-27-9-2-1-3-10-27)40(48)38(46)24-43-41(49)50-26-37-35-15-6-4-13-33(35)34-14-5-7-16-36(34)37/h4-8,11-16,21,27,30-32,37-38,46H,1-3,9-10,17-20,22-26H2,(H2,42,47)(H,43,49). The van der Waals surface area contributed by atoms with Crippen molar-refractivity contribution < 1.29 is 24.2 Å². The van der Waals surface area contributed by atoms with Gasteiger partial charge in [-0.3, -0.25) is 14.5 Å². The molecule has 4 aliphatic rings. The summed E-state index contributed by atoms with van der Waals surface area (Å²) < 4.78 is 5.65. The molecule has 4 N–H and O–H groups in total. The summed E-state index contributed by atoms with van der Waals surface area (Å²) in [4.78, 5) is 42.8. The highest BCUT2D eigenvalue weighted by Gasteiger charge is 2.41. The first-order valence-corrected chi connectivity index (χ1v) is 18.6. The minimum absolute atomic E-state index is 0.0636. The van der Waals surface area contributed by atoms with Gasteiger partial charge in [0.05, 0.1) is 6.54 Å². The van der Waals surface area contributed by atoms with Crippen molar-refractivity contribution in [1.82, 2.24) is 15.1 Å². The molecule has 2 aliphatic heterocycles. The maximum absolute atomic E-state index is 13.8. The van der Waals surface area contributed by atoms with Crippen LogP contribution in [0.25, 0.3) is 11.1 Å². The van der Waals surface area contributed by atoms with Crippen molar-refractivity contribution in [2.75, 3.05) is 32.8 Å². The fraction of sp³-hybridized carbons (Fsp3) is 0.488. The molecular weight excluding hydrogens is 628 g/mol. The van der Waals surface area contributed by atoms with Crippen LogP contribution in [0.2, 0.25) is 0 Å². The van der Waals surface area contributed by atoms with Crippen molar-refractivity contribution in [3.63, 3.8) is 0 Å². The van der Waals surface area contributed by atoms with Gasteiger partial charge in [-0.25, -0.2) is 4.79 Å². The predicted molar refractivity (Wildman–Crippen MR) is 193 cm³/mol. The van der Waals surface area contributed by atoms with Gasteiger partial charge in [-0.1, -0.05) is 79.9 Å². The van der Waals surface area contributed by atoms with Crippen molar-refractivity contribution in [3.05, 3.63) is 95.1 Å². The second-order valence-corrected chi connectivity index (χ2v) is 14.8. The van der Waals surface area contributed by atoms with Gasteiger partial charge in [0.15, 0.2) is 0 Å². The van der Waals surface area contributed by atoms with E-state index in [4.69, 9.17) is 10.5 Å². The summed E-state index contributed by atoms with van der Waals surface area (Å²) in [6, 6.07) is 24.9. The van der Waals surface area contributed by atoms with Crippen molar-refractivity contribution >= 4 is 17.9 Å². The molecule has 0 radical (unpaired) electrons. The lowest BCUT2D eigenvalue weighted by atomic mass is 9.84. The highest BCUT2D eigenvalue weighted by molar-refractivity contribution is 5.93. The number of rotatable bonds is 12. The van der Waals surface area contributed by atoms with Crippen LogP contribution in [-0.4, -0.2) is 83.8 Å². The Kier molecular flexibility index (Phi) is 10.5. The van der Waals surface area contributed by atoms with E-state index in [0.29, 0.717) is 42.6 Å². The Hall–Kier alpha value is -4.21. The summed E-state index contributed by atoms with van der Waals surface area (Å²) in [6.07, 6.45) is 8.07. The van der Waals surface area contributed by atoms with E-state index in [1.54, 1.807) is 6.07 Å². The predicted octanol–water partition coefficient (Wildman–Crippen LogP) is 5.80. The quantitative estimate of drug-likeness (QED) is 0.222. The van der Waals surface area contributed by atoms with E-state index >= 15 is 0 Å². The summed E-state index contributed by atoms with van der Waals surface area (Å²) in [6.45, 7) is 1.91. The Labute approximate surface area is 295 Å². The molecule has 3 aromatic rings. The first kappa shape index (κ1) is 34.2. The van der Waals surface area contributed by atoms with E-state index in [-0.39, 0.29) is 25.0 Å². The number of nitrogens with two attached hydrogens (primary N) is 1. The molecule has 2 bridgehead atoms. The van der Waals surface area contributed by atoms with Crippen LogP contribution in [0.3, 0.4) is 0 Å². The number of aliphatic hydroxyl groups excluding tert-OH is 1. The van der Waals surface area contributed by atoms with Gasteiger partial charge in [0, 0.05) is 43.2 Å². The molecule has 3 unspecified atom stereocenters. The highest BCUT2D eigenvalue weighted by atomic mass is 16.5. The molecule has 0 aromatic heterocycles. The van der Waals surface area contributed by atoms with Crippen LogP contribution in [0.15, 0.2) is 72.8 Å². The van der Waals surface area contributed by atoms with E-state index in [2.05, 4.69) is 40.5 Å². The number of ether oxygens (including phenoxy) is 1. The lowest BCUT2D eigenvalue weighted by Gasteiger charge is -2.41. The third kappa shape index (κ3) is 7.44. The van der Waals surface area contributed by atoms with Crippen molar-refractivity contribution in [3.8, 4) is 11.1 Å². The number of alkyl carbamates (subject to hydrolysis) is 1. The van der Waals surface area contributed by atoms with Crippen LogP contribution in [0, 0.1) is 5.92 Å². The highest BCUT2D eigenvalue weighted by Crippen LogP contribution is 2.45. The maximum Gasteiger partial charge on any atom is 0.407 e. The number of fused-ring (bicyclic) bond motifs is 5. The minimum atomic E-state index is -1.35. The van der Waals surface area contributed by atoms with Gasteiger partial charge in [0.2, 0.25) is 5.91 Å². The van der Waals surface area contributed by atoms with E-state index < -0.39 is 18.1 Å². The first-order chi connectivity index (χ1) is 24.4. The molecule has 9 heteroatoms. The molecule has 3 aromatic carbocycles. The van der Waals surface area contributed by atoms with Crippen molar-refractivity contribution in [1.29, 1.82) is 0 Å². The van der Waals surface area contributed by atoms with Crippen LogP contribution in [-0.2, 0) is 9.53 Å². The van der Waals surface area contributed by atoms with Gasteiger partial charge in [0.25, 0.3) is 5.91 Å². The molecule has 50 heavy (non-hydrogen) atoms. The molecule has 1 saturated carbocycles. The number of primary amides is 1. The summed E-state index contributed by atoms with van der Waals surface area (Å²) in [5, 5.41) is 13.7. The summed E-state index contributed by atoms with van der Waals surface area (Å²) in [7, 11) is 0. The average molecular weight is 679 g/mol. The summed E-state index contributed by atoms with van der Waals surface area (Å²) in [5.74, 6) is 0.0147. The molecule has 3 atom stereocenters. The molecule has 3 fully saturated rings. The fourth-order valence-electron chi connectivity index (χ4n) is 9.19. The van der Waals surface area contributed by atoms with Crippen molar-refractivity contribution in [2.45, 2.75) is 87.8 Å². The molecular formula is C41H50N4O5. The molecule has 7 rings (SSSR count). The first-order valence-electron chi connectivity index (χ1n) is 18.6.